The lowest BCUT2D eigenvalue weighted by atomic mass is 10.2. The van der Waals surface area contributed by atoms with E-state index in [0.717, 1.165) is 13.1 Å². The van der Waals surface area contributed by atoms with Crippen LogP contribution in [0.25, 0.3) is 0 Å². The van der Waals surface area contributed by atoms with Gasteiger partial charge in [0.15, 0.2) is 9.84 Å². The summed E-state index contributed by atoms with van der Waals surface area (Å²) < 4.78 is 22.9. The summed E-state index contributed by atoms with van der Waals surface area (Å²) in [5, 5.41) is 3.43. The molecule has 0 aliphatic carbocycles. The number of hydrogen-bond donors (Lipinski definition) is 1. The van der Waals surface area contributed by atoms with Gasteiger partial charge in [0, 0.05) is 42.0 Å². The van der Waals surface area contributed by atoms with Gasteiger partial charge in [-0.3, -0.25) is 4.90 Å². The van der Waals surface area contributed by atoms with Gasteiger partial charge in [-0.15, -0.1) is 11.3 Å². The first-order valence-electron chi connectivity index (χ1n) is 7.10. The second kappa shape index (κ2) is 6.56. The molecule has 1 N–H and O–H groups in total. The molecular formula is C14H24N2O2S2. The monoisotopic (exact) mass is 316 g/mol. The van der Waals surface area contributed by atoms with Gasteiger partial charge in [0.2, 0.25) is 0 Å². The molecule has 0 atom stereocenters. The molecule has 0 unspecified atom stereocenters. The molecule has 1 aromatic heterocycles. The molecule has 114 valence electrons. The summed E-state index contributed by atoms with van der Waals surface area (Å²) in [7, 11) is -2.78. The number of aryl methyl sites for hydroxylation is 1. The van der Waals surface area contributed by atoms with E-state index in [-0.39, 0.29) is 0 Å². The molecule has 0 amide bonds. The Bertz CT molecular complexity index is 536. The van der Waals surface area contributed by atoms with Crippen LogP contribution in [0.1, 0.15) is 29.2 Å². The molecule has 20 heavy (non-hydrogen) atoms. The molecule has 1 aromatic rings. The van der Waals surface area contributed by atoms with Crippen molar-refractivity contribution in [2.75, 3.05) is 24.6 Å². The number of nitrogens with one attached hydrogen (secondary N) is 1. The maximum atomic E-state index is 11.4. The fourth-order valence-corrected chi connectivity index (χ4v) is 4.57. The minimum absolute atomic E-state index is 0.304. The Balaban J connectivity index is 1.93. The Morgan fingerprint density at radius 3 is 2.60 bits per heavy atom. The summed E-state index contributed by atoms with van der Waals surface area (Å²) in [6.07, 6.45) is 0. The topological polar surface area (TPSA) is 49.4 Å². The van der Waals surface area contributed by atoms with Gasteiger partial charge in [-0.2, -0.15) is 0 Å². The smallest absolute Gasteiger partial charge is 0.152 e. The van der Waals surface area contributed by atoms with Gasteiger partial charge < -0.3 is 5.32 Å². The number of sulfone groups is 1. The van der Waals surface area contributed by atoms with E-state index in [9.17, 15) is 8.42 Å². The van der Waals surface area contributed by atoms with E-state index in [1.165, 1.54) is 15.3 Å². The average molecular weight is 316 g/mol. The molecule has 1 aliphatic heterocycles. The summed E-state index contributed by atoms with van der Waals surface area (Å²) in [6.45, 7) is 9.57. The highest BCUT2D eigenvalue weighted by Crippen LogP contribution is 2.23. The van der Waals surface area contributed by atoms with Crippen molar-refractivity contribution in [2.45, 2.75) is 39.9 Å². The first-order chi connectivity index (χ1) is 9.35. The SMILES string of the molecule is Cc1sc(CNC(C)C)cc1CN1CCS(=O)(=O)CC1. The number of hydrogen-bond acceptors (Lipinski definition) is 5. The van der Waals surface area contributed by atoms with E-state index < -0.39 is 9.84 Å². The van der Waals surface area contributed by atoms with Crippen molar-refractivity contribution in [3.8, 4) is 0 Å². The first kappa shape index (κ1) is 15.9. The summed E-state index contributed by atoms with van der Waals surface area (Å²) in [4.78, 5) is 4.95. The van der Waals surface area contributed by atoms with E-state index >= 15 is 0 Å². The molecule has 0 bridgehead atoms. The Morgan fingerprint density at radius 1 is 1.35 bits per heavy atom. The van der Waals surface area contributed by atoms with Crippen LogP contribution in [0.5, 0.6) is 0 Å². The third-order valence-electron chi connectivity index (χ3n) is 3.59. The molecule has 1 saturated heterocycles. The zero-order valence-electron chi connectivity index (χ0n) is 12.5. The average Bonchev–Trinajstić information content (AvgIpc) is 2.70. The van der Waals surface area contributed by atoms with Gasteiger partial charge in [0.1, 0.15) is 0 Å². The van der Waals surface area contributed by atoms with Crippen molar-refractivity contribution in [2.24, 2.45) is 0 Å². The van der Waals surface area contributed by atoms with Crippen LogP contribution in [0.4, 0.5) is 0 Å². The van der Waals surface area contributed by atoms with Gasteiger partial charge in [0.25, 0.3) is 0 Å². The maximum Gasteiger partial charge on any atom is 0.152 e. The summed E-state index contributed by atoms with van der Waals surface area (Å²) in [6, 6.07) is 2.76. The van der Waals surface area contributed by atoms with Crippen LogP contribution in [0, 0.1) is 6.92 Å². The van der Waals surface area contributed by atoms with Gasteiger partial charge in [-0.25, -0.2) is 8.42 Å². The van der Waals surface area contributed by atoms with Crippen LogP contribution in [-0.4, -0.2) is 44.0 Å². The third kappa shape index (κ3) is 4.55. The highest BCUT2D eigenvalue weighted by molar-refractivity contribution is 7.91. The maximum absolute atomic E-state index is 11.4. The van der Waals surface area contributed by atoms with Crippen LogP contribution >= 0.6 is 11.3 Å². The summed E-state index contributed by atoms with van der Waals surface area (Å²) >= 11 is 1.84. The largest absolute Gasteiger partial charge is 0.310 e. The number of rotatable bonds is 5. The van der Waals surface area contributed by atoms with Crippen LogP contribution in [0.3, 0.4) is 0 Å². The molecular weight excluding hydrogens is 292 g/mol. The normalized spacial score (nSPS) is 19.6. The van der Waals surface area contributed by atoms with E-state index in [1.807, 2.05) is 11.3 Å². The second-order valence-corrected chi connectivity index (χ2v) is 9.40. The van der Waals surface area contributed by atoms with Crippen molar-refractivity contribution in [1.29, 1.82) is 0 Å². The molecule has 6 heteroatoms. The predicted octanol–water partition coefficient (Wildman–Crippen LogP) is 1.78. The van der Waals surface area contributed by atoms with Crippen LogP contribution in [0.2, 0.25) is 0 Å². The molecule has 1 aliphatic rings. The number of nitrogens with zero attached hydrogens (tertiary/aromatic N) is 1. The number of thiophene rings is 1. The van der Waals surface area contributed by atoms with Crippen molar-refractivity contribution < 1.29 is 8.42 Å². The summed E-state index contributed by atoms with van der Waals surface area (Å²) in [5.41, 5.74) is 1.34. The zero-order valence-corrected chi connectivity index (χ0v) is 14.1. The highest BCUT2D eigenvalue weighted by Gasteiger charge is 2.22. The summed E-state index contributed by atoms with van der Waals surface area (Å²) in [5.74, 6) is 0.607. The molecule has 0 radical (unpaired) electrons. The Morgan fingerprint density at radius 2 is 2.00 bits per heavy atom. The fraction of sp³-hybridized carbons (Fsp3) is 0.714. The van der Waals surface area contributed by atoms with E-state index in [1.54, 1.807) is 0 Å². The Kier molecular flexibility index (Phi) is 5.23. The van der Waals surface area contributed by atoms with Crippen molar-refractivity contribution in [1.82, 2.24) is 10.2 Å². The van der Waals surface area contributed by atoms with Crippen LogP contribution in [-0.2, 0) is 22.9 Å². The van der Waals surface area contributed by atoms with Gasteiger partial charge in [-0.05, 0) is 18.6 Å². The standard InChI is InChI=1S/C14H24N2O2S2/c1-11(2)15-9-14-8-13(12(3)19-14)10-16-4-6-20(17,18)7-5-16/h8,11,15H,4-7,9-10H2,1-3H3. The minimum atomic E-state index is -2.78. The molecule has 4 nitrogen and oxygen atoms in total. The van der Waals surface area contributed by atoms with Gasteiger partial charge in [-0.1, -0.05) is 13.8 Å². The quantitative estimate of drug-likeness (QED) is 0.900. The molecule has 0 spiro atoms. The molecule has 0 aromatic carbocycles. The molecule has 2 heterocycles. The molecule has 1 fully saturated rings. The lowest BCUT2D eigenvalue weighted by Crippen LogP contribution is -2.39. The van der Waals surface area contributed by atoms with Crippen LogP contribution in [0.15, 0.2) is 6.07 Å². The van der Waals surface area contributed by atoms with E-state index in [4.69, 9.17) is 0 Å². The predicted molar refractivity (Wildman–Crippen MR) is 85.0 cm³/mol. The van der Waals surface area contributed by atoms with E-state index in [0.29, 0.717) is 30.6 Å². The van der Waals surface area contributed by atoms with E-state index in [2.05, 4.69) is 37.1 Å². The van der Waals surface area contributed by atoms with Crippen molar-refractivity contribution in [3.63, 3.8) is 0 Å². The fourth-order valence-electron chi connectivity index (χ4n) is 2.29. The Labute approximate surface area is 126 Å². The zero-order chi connectivity index (χ0) is 14.8. The Hall–Kier alpha value is -0.430. The van der Waals surface area contributed by atoms with Crippen LogP contribution < -0.4 is 5.32 Å². The molecule has 0 saturated carbocycles. The first-order valence-corrected chi connectivity index (χ1v) is 9.74. The lowest BCUT2D eigenvalue weighted by Gasteiger charge is -2.26. The van der Waals surface area contributed by atoms with Gasteiger partial charge >= 0.3 is 0 Å². The minimum Gasteiger partial charge on any atom is -0.310 e. The lowest BCUT2D eigenvalue weighted by molar-refractivity contribution is 0.287. The molecule has 2 rings (SSSR count). The van der Waals surface area contributed by atoms with Gasteiger partial charge in [0.05, 0.1) is 11.5 Å². The third-order valence-corrected chi connectivity index (χ3v) is 6.29. The van der Waals surface area contributed by atoms with Crippen molar-refractivity contribution in [3.05, 3.63) is 21.4 Å². The van der Waals surface area contributed by atoms with Crippen molar-refractivity contribution >= 4 is 21.2 Å². The second-order valence-electron chi connectivity index (χ2n) is 5.76. The highest BCUT2D eigenvalue weighted by atomic mass is 32.2.